The molecule has 1 unspecified atom stereocenters. The van der Waals surface area contributed by atoms with Gasteiger partial charge in [0.25, 0.3) is 0 Å². The van der Waals surface area contributed by atoms with Gasteiger partial charge in [-0.25, -0.2) is 0 Å². The average Bonchev–Trinajstić information content (AvgIpc) is 2.34. The van der Waals surface area contributed by atoms with Gasteiger partial charge in [0.2, 0.25) is 0 Å². The van der Waals surface area contributed by atoms with E-state index >= 15 is 0 Å². The summed E-state index contributed by atoms with van der Waals surface area (Å²) in [5.41, 5.74) is 4.97. The summed E-state index contributed by atoms with van der Waals surface area (Å²) in [7, 11) is 0. The zero-order chi connectivity index (χ0) is 14.6. The first-order chi connectivity index (χ1) is 8.79. The van der Waals surface area contributed by atoms with Crippen molar-refractivity contribution in [1.29, 1.82) is 0 Å². The van der Waals surface area contributed by atoms with Crippen molar-refractivity contribution in [3.63, 3.8) is 0 Å². The Kier molecular flexibility index (Phi) is 5.20. The van der Waals surface area contributed by atoms with Gasteiger partial charge in [-0.05, 0) is 23.6 Å². The lowest BCUT2D eigenvalue weighted by Crippen LogP contribution is -2.29. The molecule has 0 aliphatic heterocycles. The molecule has 0 aliphatic rings. The Morgan fingerprint density at radius 3 is 2.37 bits per heavy atom. The monoisotopic (exact) mass is 276 g/mol. The maximum absolute atomic E-state index is 12.9. The second kappa shape index (κ2) is 6.25. The molecule has 0 saturated heterocycles. The SMILES string of the molecule is CC(C)C(CO)Nc1ccc(CN)c(C(F)(F)F)c1. The van der Waals surface area contributed by atoms with Gasteiger partial charge in [-0.3, -0.25) is 0 Å². The van der Waals surface area contributed by atoms with Gasteiger partial charge in [0.1, 0.15) is 0 Å². The minimum atomic E-state index is -4.43. The first kappa shape index (κ1) is 15.8. The van der Waals surface area contributed by atoms with E-state index < -0.39 is 11.7 Å². The van der Waals surface area contributed by atoms with Gasteiger partial charge < -0.3 is 16.2 Å². The second-order valence-corrected chi connectivity index (χ2v) is 4.75. The second-order valence-electron chi connectivity index (χ2n) is 4.75. The van der Waals surface area contributed by atoms with Crippen molar-refractivity contribution in [2.45, 2.75) is 32.6 Å². The number of hydrogen-bond donors (Lipinski definition) is 3. The highest BCUT2D eigenvalue weighted by atomic mass is 19.4. The van der Waals surface area contributed by atoms with Crippen LogP contribution in [-0.4, -0.2) is 17.8 Å². The highest BCUT2D eigenvalue weighted by molar-refractivity contribution is 5.50. The molecule has 19 heavy (non-hydrogen) atoms. The standard InChI is InChI=1S/C13H19F3N2O/c1-8(2)12(7-19)18-10-4-3-9(6-17)11(5-10)13(14,15)16/h3-5,8,12,18-19H,6-7,17H2,1-2H3. The van der Waals surface area contributed by atoms with E-state index in [-0.39, 0.29) is 30.7 Å². The third kappa shape index (κ3) is 4.11. The van der Waals surface area contributed by atoms with Crippen molar-refractivity contribution in [1.82, 2.24) is 0 Å². The Balaban J connectivity index is 3.05. The molecule has 1 atom stereocenters. The molecule has 1 aromatic carbocycles. The van der Waals surface area contributed by atoms with Crippen molar-refractivity contribution in [3.8, 4) is 0 Å². The maximum Gasteiger partial charge on any atom is 0.416 e. The first-order valence-corrected chi connectivity index (χ1v) is 6.07. The van der Waals surface area contributed by atoms with E-state index in [2.05, 4.69) is 5.32 Å². The van der Waals surface area contributed by atoms with Gasteiger partial charge in [-0.2, -0.15) is 13.2 Å². The third-order valence-corrected chi connectivity index (χ3v) is 2.99. The smallest absolute Gasteiger partial charge is 0.394 e. The van der Waals surface area contributed by atoms with Crippen LogP contribution in [0.3, 0.4) is 0 Å². The van der Waals surface area contributed by atoms with Crippen LogP contribution in [-0.2, 0) is 12.7 Å². The molecule has 0 heterocycles. The Labute approximate surface area is 110 Å². The number of benzene rings is 1. The van der Waals surface area contributed by atoms with Crippen LogP contribution in [0.5, 0.6) is 0 Å². The number of halogens is 3. The van der Waals surface area contributed by atoms with Crippen LogP contribution in [0.1, 0.15) is 25.0 Å². The molecule has 4 N–H and O–H groups in total. The van der Waals surface area contributed by atoms with Gasteiger partial charge >= 0.3 is 6.18 Å². The quantitative estimate of drug-likeness (QED) is 0.774. The minimum Gasteiger partial charge on any atom is -0.394 e. The van der Waals surface area contributed by atoms with Crippen molar-refractivity contribution >= 4 is 5.69 Å². The number of nitrogens with two attached hydrogens (primary N) is 1. The van der Waals surface area contributed by atoms with Crippen molar-refractivity contribution in [2.24, 2.45) is 11.7 Å². The molecule has 0 spiro atoms. The van der Waals surface area contributed by atoms with Gasteiger partial charge in [-0.15, -0.1) is 0 Å². The number of anilines is 1. The molecule has 0 aromatic heterocycles. The molecule has 0 aliphatic carbocycles. The predicted octanol–water partition coefficient (Wildman–Crippen LogP) is 2.59. The molecule has 0 amide bonds. The number of aliphatic hydroxyl groups excluding tert-OH is 1. The van der Waals surface area contributed by atoms with Gasteiger partial charge in [0.05, 0.1) is 18.2 Å². The summed E-state index contributed by atoms with van der Waals surface area (Å²) in [5.74, 6) is 0.105. The van der Waals surface area contributed by atoms with Crippen LogP contribution in [0.25, 0.3) is 0 Å². The third-order valence-electron chi connectivity index (χ3n) is 2.99. The van der Waals surface area contributed by atoms with E-state index in [1.165, 1.54) is 6.07 Å². The van der Waals surface area contributed by atoms with E-state index in [9.17, 15) is 18.3 Å². The number of hydrogen-bond acceptors (Lipinski definition) is 3. The Morgan fingerprint density at radius 1 is 1.32 bits per heavy atom. The Hall–Kier alpha value is -1.27. The van der Waals surface area contributed by atoms with E-state index in [1.807, 2.05) is 13.8 Å². The lowest BCUT2D eigenvalue weighted by molar-refractivity contribution is -0.138. The maximum atomic E-state index is 12.9. The predicted molar refractivity (Wildman–Crippen MR) is 68.7 cm³/mol. The largest absolute Gasteiger partial charge is 0.416 e. The lowest BCUT2D eigenvalue weighted by atomic mass is 10.0. The Bertz CT molecular complexity index is 419. The fraction of sp³-hybridized carbons (Fsp3) is 0.538. The first-order valence-electron chi connectivity index (χ1n) is 6.07. The normalized spacial score (nSPS) is 13.7. The highest BCUT2D eigenvalue weighted by Crippen LogP contribution is 2.34. The number of aliphatic hydroxyl groups is 1. The van der Waals surface area contributed by atoms with Gasteiger partial charge in [0, 0.05) is 12.2 Å². The van der Waals surface area contributed by atoms with E-state index in [4.69, 9.17) is 5.73 Å². The number of nitrogens with one attached hydrogen (secondary N) is 1. The van der Waals surface area contributed by atoms with Crippen LogP contribution in [0.2, 0.25) is 0 Å². The summed E-state index contributed by atoms with van der Waals surface area (Å²) >= 11 is 0. The zero-order valence-electron chi connectivity index (χ0n) is 11.0. The molecule has 1 rings (SSSR count). The van der Waals surface area contributed by atoms with Crippen molar-refractivity contribution in [2.75, 3.05) is 11.9 Å². The lowest BCUT2D eigenvalue weighted by Gasteiger charge is -2.22. The average molecular weight is 276 g/mol. The van der Waals surface area contributed by atoms with E-state index in [1.54, 1.807) is 6.07 Å². The molecule has 108 valence electrons. The van der Waals surface area contributed by atoms with Crippen LogP contribution >= 0.6 is 0 Å². The fourth-order valence-corrected chi connectivity index (χ4v) is 1.75. The summed E-state index contributed by atoms with van der Waals surface area (Å²) in [5, 5.41) is 12.1. The minimum absolute atomic E-state index is 0.0585. The molecular weight excluding hydrogens is 257 g/mol. The topological polar surface area (TPSA) is 58.3 Å². The molecule has 0 fully saturated rings. The van der Waals surface area contributed by atoms with Gasteiger partial charge in [-0.1, -0.05) is 19.9 Å². The zero-order valence-corrected chi connectivity index (χ0v) is 11.0. The Morgan fingerprint density at radius 2 is 1.95 bits per heavy atom. The summed E-state index contributed by atoms with van der Waals surface area (Å²) in [6.45, 7) is 3.46. The van der Waals surface area contributed by atoms with Gasteiger partial charge in [0.15, 0.2) is 0 Å². The van der Waals surface area contributed by atoms with Crippen molar-refractivity contribution < 1.29 is 18.3 Å². The molecule has 1 aromatic rings. The number of alkyl halides is 3. The summed E-state index contributed by atoms with van der Waals surface area (Å²) in [6, 6.07) is 3.65. The molecule has 3 nitrogen and oxygen atoms in total. The molecule has 0 saturated carbocycles. The van der Waals surface area contributed by atoms with Crippen LogP contribution in [0.15, 0.2) is 18.2 Å². The van der Waals surface area contributed by atoms with Crippen LogP contribution < -0.4 is 11.1 Å². The molecular formula is C13H19F3N2O. The van der Waals surface area contributed by atoms with E-state index in [0.717, 1.165) is 6.07 Å². The van der Waals surface area contributed by atoms with E-state index in [0.29, 0.717) is 5.69 Å². The molecule has 0 radical (unpaired) electrons. The van der Waals surface area contributed by atoms with Crippen molar-refractivity contribution in [3.05, 3.63) is 29.3 Å². The van der Waals surface area contributed by atoms with Crippen LogP contribution in [0, 0.1) is 5.92 Å². The molecule has 0 bridgehead atoms. The highest BCUT2D eigenvalue weighted by Gasteiger charge is 2.33. The summed E-state index contributed by atoms with van der Waals surface area (Å²) in [4.78, 5) is 0. The summed E-state index contributed by atoms with van der Waals surface area (Å²) in [6.07, 6.45) is -4.43. The fourth-order valence-electron chi connectivity index (χ4n) is 1.75. The number of rotatable bonds is 5. The summed E-state index contributed by atoms with van der Waals surface area (Å²) < 4.78 is 38.6. The van der Waals surface area contributed by atoms with Crippen LogP contribution in [0.4, 0.5) is 18.9 Å². The molecule has 6 heteroatoms.